The van der Waals surface area contributed by atoms with Crippen molar-refractivity contribution < 1.29 is 42.9 Å². The van der Waals surface area contributed by atoms with Gasteiger partial charge in [0.25, 0.3) is 0 Å². The highest BCUT2D eigenvalue weighted by Gasteiger charge is 2.22. The van der Waals surface area contributed by atoms with E-state index in [2.05, 4.69) is 160 Å². The third-order valence-electron chi connectivity index (χ3n) is 15.1. The number of quaternary nitrogens is 1. The maximum atomic E-state index is 12.9. The topological polar surface area (TPSA) is 111 Å². The number of allylic oxidation sites excluding steroid dienone is 24. The Bertz CT molecular complexity index is 1970. The first-order valence-electron chi connectivity index (χ1n) is 36.0. The Morgan fingerprint density at radius 1 is 0.348 bits per heavy atom. The fourth-order valence-electron chi connectivity index (χ4n) is 9.60. The van der Waals surface area contributed by atoms with E-state index in [1.807, 2.05) is 21.1 Å². The molecular weight excluding hydrogens is 1100 g/mol. The summed E-state index contributed by atoms with van der Waals surface area (Å²) in [4.78, 5) is 37.5. The number of carboxylic acids is 1. The second-order valence-electron chi connectivity index (χ2n) is 24.8. The minimum absolute atomic E-state index is 0.138. The van der Waals surface area contributed by atoms with E-state index in [1.54, 1.807) is 0 Å². The molecule has 0 radical (unpaired) electrons. The first-order valence-corrected chi connectivity index (χ1v) is 36.0. The smallest absolute Gasteiger partial charge is 0.306 e. The number of carbonyl (C=O) groups is 3. The van der Waals surface area contributed by atoms with Gasteiger partial charge in [-0.25, -0.2) is 0 Å². The zero-order valence-electron chi connectivity index (χ0n) is 57.8. The van der Waals surface area contributed by atoms with Gasteiger partial charge in [-0.15, -0.1) is 0 Å². The summed E-state index contributed by atoms with van der Waals surface area (Å²) in [5.41, 5.74) is 0. The van der Waals surface area contributed by atoms with Crippen LogP contribution in [0.1, 0.15) is 284 Å². The molecule has 0 heterocycles. The van der Waals surface area contributed by atoms with Crippen LogP contribution in [0.15, 0.2) is 146 Å². The van der Waals surface area contributed by atoms with E-state index in [-0.39, 0.29) is 38.6 Å². The van der Waals surface area contributed by atoms with Crippen molar-refractivity contribution in [2.45, 2.75) is 296 Å². The molecule has 0 spiro atoms. The summed E-state index contributed by atoms with van der Waals surface area (Å²) in [6.45, 7) is 4.61. The summed E-state index contributed by atoms with van der Waals surface area (Å²) in [5.74, 6) is -2.31. The lowest BCUT2D eigenvalue weighted by molar-refractivity contribution is -0.870. The monoisotopic (exact) mass is 1240 g/mol. The lowest BCUT2D eigenvalue weighted by Gasteiger charge is -2.26. The molecule has 0 aliphatic rings. The second kappa shape index (κ2) is 69.1. The quantitative estimate of drug-likeness (QED) is 0.0195. The fourth-order valence-corrected chi connectivity index (χ4v) is 9.60. The molecule has 89 heavy (non-hydrogen) atoms. The number of hydrogen-bond acceptors (Lipinski definition) is 8. The second-order valence-corrected chi connectivity index (χ2v) is 24.8. The highest BCUT2D eigenvalue weighted by atomic mass is 16.7. The van der Waals surface area contributed by atoms with E-state index in [1.165, 1.54) is 122 Å². The Hall–Kier alpha value is -4.83. The zero-order chi connectivity index (χ0) is 64.7. The van der Waals surface area contributed by atoms with Gasteiger partial charge >= 0.3 is 11.9 Å². The first kappa shape index (κ1) is 84.2. The maximum absolute atomic E-state index is 12.9. The van der Waals surface area contributed by atoms with Crippen LogP contribution in [0.25, 0.3) is 0 Å². The number of hydrogen-bond donors (Lipinski definition) is 0. The van der Waals surface area contributed by atoms with E-state index in [4.69, 9.17) is 18.9 Å². The Labute approximate surface area is 547 Å². The Balaban J connectivity index is 4.20. The van der Waals surface area contributed by atoms with Crippen LogP contribution in [0.5, 0.6) is 0 Å². The summed E-state index contributed by atoms with van der Waals surface area (Å²) < 4.78 is 22.8. The van der Waals surface area contributed by atoms with E-state index in [0.29, 0.717) is 17.4 Å². The van der Waals surface area contributed by atoms with Gasteiger partial charge in [-0.3, -0.25) is 9.59 Å². The molecule has 2 unspecified atom stereocenters. The molecule has 9 heteroatoms. The van der Waals surface area contributed by atoms with Crippen molar-refractivity contribution >= 4 is 17.9 Å². The third kappa shape index (κ3) is 70.5. The molecule has 0 aromatic rings. The molecule has 0 N–H and O–H groups in total. The van der Waals surface area contributed by atoms with Crippen molar-refractivity contribution in [3.63, 3.8) is 0 Å². The normalized spacial score (nSPS) is 13.6. The molecule has 2 atom stereocenters. The predicted octanol–water partition coefficient (Wildman–Crippen LogP) is 21.4. The Kier molecular flexibility index (Phi) is 65.3. The molecule has 0 aliphatic heterocycles. The predicted molar refractivity (Wildman–Crippen MR) is 379 cm³/mol. The zero-order valence-corrected chi connectivity index (χ0v) is 57.8. The van der Waals surface area contributed by atoms with Crippen molar-refractivity contribution in [3.05, 3.63) is 146 Å². The first-order chi connectivity index (χ1) is 43.6. The van der Waals surface area contributed by atoms with E-state index >= 15 is 0 Å². The number of esters is 2. The van der Waals surface area contributed by atoms with Crippen LogP contribution in [0.2, 0.25) is 0 Å². The summed E-state index contributed by atoms with van der Waals surface area (Å²) >= 11 is 0. The van der Waals surface area contributed by atoms with Gasteiger partial charge in [-0.2, -0.15) is 0 Å². The molecule has 0 fully saturated rings. The van der Waals surface area contributed by atoms with Crippen LogP contribution < -0.4 is 5.11 Å². The number of carbonyl (C=O) groups excluding carboxylic acids is 3. The molecule has 0 bridgehead atoms. The number of carboxylic acid groups (broad SMARTS) is 1. The van der Waals surface area contributed by atoms with Crippen LogP contribution in [0.4, 0.5) is 0 Å². The number of ether oxygens (including phenoxy) is 4. The molecule has 0 aliphatic carbocycles. The largest absolute Gasteiger partial charge is 0.545 e. The highest BCUT2D eigenvalue weighted by molar-refractivity contribution is 5.70. The summed E-state index contributed by atoms with van der Waals surface area (Å²) in [7, 11) is 5.92. The van der Waals surface area contributed by atoms with E-state index < -0.39 is 24.3 Å². The van der Waals surface area contributed by atoms with Gasteiger partial charge in [-0.05, 0) is 122 Å². The van der Waals surface area contributed by atoms with Gasteiger partial charge in [0, 0.05) is 12.8 Å². The molecule has 0 aromatic carbocycles. The van der Waals surface area contributed by atoms with Crippen LogP contribution in [0.3, 0.4) is 0 Å². The van der Waals surface area contributed by atoms with Crippen molar-refractivity contribution in [2.75, 3.05) is 47.5 Å². The molecule has 0 rings (SSSR count). The lowest BCUT2D eigenvalue weighted by Crippen LogP contribution is -2.44. The lowest BCUT2D eigenvalue weighted by atomic mass is 10.0. The van der Waals surface area contributed by atoms with Crippen molar-refractivity contribution in [1.29, 1.82) is 0 Å². The number of nitrogens with zero attached hydrogens (tertiary/aromatic N) is 1. The number of aliphatic carboxylic acids is 1. The standard InChI is InChI=1S/C80H133NO8/c1-6-8-10-12-14-16-18-20-22-24-26-28-30-32-34-35-36-37-38-39-40-41-42-43-45-47-49-51-53-55-57-59-61-63-65-67-69-71-78(83)89-76(75-88-80(79(84)85)86-73-72-81(3,4)5)74-87-77(82)70-68-66-64-62-60-58-56-54-52-50-48-46-44-33-31-29-27-25-23-21-19-17-15-13-11-9-7-2/h8,10,14,16,19-22,25-28,32,34,36-37,39-40,42-43,47,49,53,55,76,80H,6-7,9,11-13,15,17-18,23-24,29-31,33,35,38,41,44-46,48,50-52,54,56-75H2,1-5H3/b10-8-,16-14-,21-19-,22-20-,27-25-,28-26-,34-32-,37-36-,40-39-,43-42-,49-47-,55-53-. The van der Waals surface area contributed by atoms with Gasteiger partial charge in [0.15, 0.2) is 12.4 Å². The average molecular weight is 1240 g/mol. The number of likely N-dealkylation sites (N-methyl/N-ethyl adjacent to an activating group) is 1. The number of unbranched alkanes of at least 4 members (excludes halogenated alkanes) is 26. The van der Waals surface area contributed by atoms with Crippen LogP contribution >= 0.6 is 0 Å². The maximum Gasteiger partial charge on any atom is 0.306 e. The van der Waals surface area contributed by atoms with Gasteiger partial charge in [0.2, 0.25) is 0 Å². The minimum atomic E-state index is -1.64. The summed E-state index contributed by atoms with van der Waals surface area (Å²) in [6, 6.07) is 0. The molecule has 506 valence electrons. The van der Waals surface area contributed by atoms with Gasteiger partial charge in [0.1, 0.15) is 13.2 Å². The van der Waals surface area contributed by atoms with Gasteiger partial charge in [0.05, 0.1) is 40.3 Å². The Morgan fingerprint density at radius 3 is 0.955 bits per heavy atom. The highest BCUT2D eigenvalue weighted by Crippen LogP contribution is 2.16. The number of rotatable bonds is 65. The molecule has 0 saturated heterocycles. The van der Waals surface area contributed by atoms with Gasteiger partial charge < -0.3 is 33.3 Å². The molecule has 0 saturated carbocycles. The molecule has 9 nitrogen and oxygen atoms in total. The summed E-state index contributed by atoms with van der Waals surface area (Å²) in [5, 5.41) is 11.8. The minimum Gasteiger partial charge on any atom is -0.545 e. The van der Waals surface area contributed by atoms with Crippen molar-refractivity contribution in [1.82, 2.24) is 0 Å². The molecule has 0 amide bonds. The third-order valence-corrected chi connectivity index (χ3v) is 15.1. The summed E-state index contributed by atoms with van der Waals surface area (Å²) in [6.07, 6.45) is 97.8. The van der Waals surface area contributed by atoms with Crippen LogP contribution in [0, 0.1) is 0 Å². The van der Waals surface area contributed by atoms with Crippen molar-refractivity contribution in [2.24, 2.45) is 0 Å². The van der Waals surface area contributed by atoms with E-state index in [0.717, 1.165) is 128 Å². The molecular formula is C80H133NO8. The average Bonchev–Trinajstić information content (AvgIpc) is 3.70. The van der Waals surface area contributed by atoms with Crippen LogP contribution in [-0.4, -0.2) is 82.3 Å². The fraction of sp³-hybridized carbons (Fsp3) is 0.662. The van der Waals surface area contributed by atoms with Gasteiger partial charge in [-0.1, -0.05) is 295 Å². The SMILES string of the molecule is CC/C=C\C/C=C\C/C=C\C/C=C\C/C=C\C/C=C\C/C=C\C/C=C\C/C=C\C/C=C\CCCCCCCCC(=O)OC(COC(=O)CCCCCCCCCCCCCCCCC/C=C\C/C=C\CCCCCCC)COC(OCC[N+](C)(C)C)C(=O)[O-]. The van der Waals surface area contributed by atoms with Crippen molar-refractivity contribution in [3.8, 4) is 0 Å². The van der Waals surface area contributed by atoms with Crippen LogP contribution in [-0.2, 0) is 33.3 Å². The van der Waals surface area contributed by atoms with E-state index in [9.17, 15) is 19.5 Å². The Morgan fingerprint density at radius 2 is 0.640 bits per heavy atom. The molecule has 0 aromatic heterocycles.